The molecule has 0 aliphatic carbocycles. The van der Waals surface area contributed by atoms with E-state index < -0.39 is 23.6 Å². The molecule has 5 heteroatoms. The van der Waals surface area contributed by atoms with Crippen molar-refractivity contribution in [1.82, 2.24) is 0 Å². The summed E-state index contributed by atoms with van der Waals surface area (Å²) >= 11 is 5.78. The molecule has 0 saturated heterocycles. The van der Waals surface area contributed by atoms with Gasteiger partial charge in [-0.1, -0.05) is 41.9 Å². The normalized spacial score (nSPS) is 11.5. The van der Waals surface area contributed by atoms with Crippen LogP contribution in [-0.2, 0) is 9.53 Å². The molecule has 2 rings (SSSR count). The zero-order valence-electron chi connectivity index (χ0n) is 11.8. The van der Waals surface area contributed by atoms with Crippen LogP contribution in [0.5, 0.6) is 0 Å². The van der Waals surface area contributed by atoms with Gasteiger partial charge in [-0.05, 0) is 24.3 Å². The molecular weight excluding hydrogens is 304 g/mol. The second kappa shape index (κ2) is 7.00. The summed E-state index contributed by atoms with van der Waals surface area (Å²) in [6.45, 7) is 1.15. The molecule has 0 N–H and O–H groups in total. The Morgan fingerprint density at radius 2 is 1.36 bits per heavy atom. The molecule has 0 fully saturated rings. The maximum absolute atomic E-state index is 12.5. The number of ketones is 2. The molecule has 0 radical (unpaired) electrons. The van der Waals surface area contributed by atoms with Crippen LogP contribution in [0.25, 0.3) is 0 Å². The Kier molecular flexibility index (Phi) is 5.07. The van der Waals surface area contributed by atoms with Crippen molar-refractivity contribution in [2.24, 2.45) is 0 Å². The van der Waals surface area contributed by atoms with E-state index in [1.807, 2.05) is 0 Å². The quantitative estimate of drug-likeness (QED) is 0.482. The first-order valence-electron chi connectivity index (χ1n) is 6.55. The maximum Gasteiger partial charge on any atom is 0.303 e. The molecule has 1 atom stereocenters. The lowest BCUT2D eigenvalue weighted by atomic mass is 9.98. The van der Waals surface area contributed by atoms with Crippen LogP contribution < -0.4 is 0 Å². The number of hydrogen-bond acceptors (Lipinski definition) is 4. The maximum atomic E-state index is 12.5. The van der Waals surface area contributed by atoms with Crippen molar-refractivity contribution < 1.29 is 19.1 Å². The van der Waals surface area contributed by atoms with E-state index in [2.05, 4.69) is 0 Å². The number of Topliss-reactive ketones (excluding diaryl/α,β-unsaturated/α-hetero) is 2. The minimum Gasteiger partial charge on any atom is -0.446 e. The average molecular weight is 317 g/mol. The summed E-state index contributed by atoms with van der Waals surface area (Å²) in [7, 11) is 0. The molecule has 0 heterocycles. The van der Waals surface area contributed by atoms with Crippen molar-refractivity contribution in [2.45, 2.75) is 13.0 Å². The van der Waals surface area contributed by atoms with Gasteiger partial charge in [-0.25, -0.2) is 0 Å². The van der Waals surface area contributed by atoms with Gasteiger partial charge in [-0.2, -0.15) is 0 Å². The van der Waals surface area contributed by atoms with Crippen LogP contribution in [0.3, 0.4) is 0 Å². The zero-order valence-corrected chi connectivity index (χ0v) is 12.5. The van der Waals surface area contributed by atoms with Gasteiger partial charge in [-0.15, -0.1) is 0 Å². The van der Waals surface area contributed by atoms with Crippen LogP contribution in [0.4, 0.5) is 0 Å². The molecule has 0 aromatic heterocycles. The molecule has 22 heavy (non-hydrogen) atoms. The smallest absolute Gasteiger partial charge is 0.303 e. The predicted molar refractivity (Wildman–Crippen MR) is 82.1 cm³/mol. The molecule has 2 aromatic carbocycles. The fraction of sp³-hybridized carbons (Fsp3) is 0.118. The topological polar surface area (TPSA) is 60.4 Å². The minimum atomic E-state index is -1.50. The summed E-state index contributed by atoms with van der Waals surface area (Å²) in [6, 6.07) is 14.3. The first-order chi connectivity index (χ1) is 10.5. The minimum absolute atomic E-state index is 0.250. The third-order valence-electron chi connectivity index (χ3n) is 2.95. The highest BCUT2D eigenvalue weighted by molar-refractivity contribution is 6.30. The van der Waals surface area contributed by atoms with Gasteiger partial charge in [0, 0.05) is 23.1 Å². The molecule has 112 valence electrons. The summed E-state index contributed by atoms with van der Waals surface area (Å²) in [4.78, 5) is 36.1. The number of halogens is 1. The van der Waals surface area contributed by atoms with E-state index in [1.165, 1.54) is 24.3 Å². The Morgan fingerprint density at radius 3 is 1.86 bits per heavy atom. The van der Waals surface area contributed by atoms with Crippen LogP contribution in [0.2, 0.25) is 5.02 Å². The van der Waals surface area contributed by atoms with Crippen molar-refractivity contribution in [1.29, 1.82) is 0 Å². The van der Waals surface area contributed by atoms with Crippen LogP contribution in [0.15, 0.2) is 54.6 Å². The van der Waals surface area contributed by atoms with Gasteiger partial charge in [0.05, 0.1) is 0 Å². The van der Waals surface area contributed by atoms with E-state index in [4.69, 9.17) is 16.3 Å². The highest BCUT2D eigenvalue weighted by atomic mass is 35.5. The molecule has 2 aromatic rings. The average Bonchev–Trinajstić information content (AvgIpc) is 2.53. The van der Waals surface area contributed by atoms with E-state index in [1.54, 1.807) is 30.3 Å². The highest BCUT2D eigenvalue weighted by Gasteiger charge is 2.31. The Balaban J connectivity index is 2.33. The second-order valence-electron chi connectivity index (χ2n) is 4.59. The molecule has 0 spiro atoms. The number of carbonyl (C=O) groups is 3. The fourth-order valence-corrected chi connectivity index (χ4v) is 2.04. The molecule has 0 saturated carbocycles. The second-order valence-corrected chi connectivity index (χ2v) is 5.03. The number of carbonyl (C=O) groups excluding carboxylic acids is 3. The summed E-state index contributed by atoms with van der Waals surface area (Å²) in [5.41, 5.74) is 0.552. The van der Waals surface area contributed by atoms with Gasteiger partial charge in [0.25, 0.3) is 0 Å². The van der Waals surface area contributed by atoms with E-state index in [0.717, 1.165) is 6.92 Å². The molecule has 4 nitrogen and oxygen atoms in total. The van der Waals surface area contributed by atoms with Gasteiger partial charge >= 0.3 is 5.97 Å². The first-order valence-corrected chi connectivity index (χ1v) is 6.93. The van der Waals surface area contributed by atoms with E-state index >= 15 is 0 Å². The lowest BCUT2D eigenvalue weighted by Crippen LogP contribution is -2.34. The van der Waals surface area contributed by atoms with Crippen molar-refractivity contribution in [2.75, 3.05) is 0 Å². The Bertz CT molecular complexity index is 692. The van der Waals surface area contributed by atoms with Gasteiger partial charge in [-0.3, -0.25) is 14.4 Å². The monoisotopic (exact) mass is 316 g/mol. The third kappa shape index (κ3) is 3.80. The number of esters is 1. The predicted octanol–water partition coefficient (Wildman–Crippen LogP) is 3.34. The van der Waals surface area contributed by atoms with Gasteiger partial charge < -0.3 is 4.74 Å². The molecule has 0 aliphatic rings. The first kappa shape index (κ1) is 15.9. The van der Waals surface area contributed by atoms with Crippen molar-refractivity contribution in [3.63, 3.8) is 0 Å². The van der Waals surface area contributed by atoms with E-state index in [0.29, 0.717) is 10.6 Å². The SMILES string of the molecule is CC(=O)OC(C(=O)c1ccccc1)C(=O)c1ccc(Cl)cc1. The third-order valence-corrected chi connectivity index (χ3v) is 3.20. The Morgan fingerprint density at radius 1 is 0.864 bits per heavy atom. The van der Waals surface area contributed by atoms with Crippen molar-refractivity contribution in [3.8, 4) is 0 Å². The Hall–Kier alpha value is -2.46. The summed E-state index contributed by atoms with van der Waals surface area (Å²) in [6.07, 6.45) is -1.50. The van der Waals surface area contributed by atoms with Crippen LogP contribution in [0, 0.1) is 0 Å². The zero-order chi connectivity index (χ0) is 16.1. The Labute approximate surface area is 132 Å². The van der Waals surface area contributed by atoms with Gasteiger partial charge in [0.2, 0.25) is 17.7 Å². The van der Waals surface area contributed by atoms with E-state index in [-0.39, 0.29) is 5.56 Å². The largest absolute Gasteiger partial charge is 0.446 e. The standard InChI is InChI=1S/C17H13ClO4/c1-11(19)22-17(15(20)12-5-3-2-4-6-12)16(21)13-7-9-14(18)10-8-13/h2-10,17H,1H3. The summed E-state index contributed by atoms with van der Waals surface area (Å²) in [5, 5.41) is 0.468. The highest BCUT2D eigenvalue weighted by Crippen LogP contribution is 2.15. The lowest BCUT2D eigenvalue weighted by Gasteiger charge is -2.15. The van der Waals surface area contributed by atoms with Gasteiger partial charge in [0.15, 0.2) is 0 Å². The number of ether oxygens (including phenoxy) is 1. The number of hydrogen-bond donors (Lipinski definition) is 0. The number of rotatable bonds is 5. The molecule has 1 unspecified atom stereocenters. The lowest BCUT2D eigenvalue weighted by molar-refractivity contribution is -0.142. The summed E-state index contributed by atoms with van der Waals surface area (Å²) in [5.74, 6) is -1.84. The van der Waals surface area contributed by atoms with Crippen molar-refractivity contribution >= 4 is 29.1 Å². The number of benzene rings is 2. The van der Waals surface area contributed by atoms with Crippen LogP contribution >= 0.6 is 11.6 Å². The fourth-order valence-electron chi connectivity index (χ4n) is 1.91. The van der Waals surface area contributed by atoms with Crippen molar-refractivity contribution in [3.05, 3.63) is 70.7 Å². The molecule has 0 bridgehead atoms. The molecule has 0 amide bonds. The molecular formula is C17H13ClO4. The molecule has 0 aliphatic heterocycles. The summed E-state index contributed by atoms with van der Waals surface area (Å²) < 4.78 is 4.94. The van der Waals surface area contributed by atoms with E-state index in [9.17, 15) is 14.4 Å². The van der Waals surface area contributed by atoms with Gasteiger partial charge in [0.1, 0.15) is 0 Å². The van der Waals surface area contributed by atoms with Crippen LogP contribution in [0.1, 0.15) is 27.6 Å². The van der Waals surface area contributed by atoms with Crippen LogP contribution in [-0.4, -0.2) is 23.6 Å².